The van der Waals surface area contributed by atoms with Crippen molar-refractivity contribution in [2.24, 2.45) is 0 Å². The van der Waals surface area contributed by atoms with Crippen LogP contribution in [0.5, 0.6) is 0 Å². The number of rotatable bonds is 6. The SMILES string of the molecule is CNC(C)CCN(C)CC1CCCN1C. The first-order chi connectivity index (χ1) is 7.13. The molecule has 0 aromatic heterocycles. The van der Waals surface area contributed by atoms with Crippen LogP contribution < -0.4 is 5.32 Å². The standard InChI is InChI=1S/C12H27N3/c1-11(13-2)7-9-14(3)10-12-6-5-8-15(12)4/h11-13H,5-10H2,1-4H3. The molecule has 0 saturated carbocycles. The van der Waals surface area contributed by atoms with E-state index in [-0.39, 0.29) is 0 Å². The highest BCUT2D eigenvalue weighted by Gasteiger charge is 2.21. The molecule has 0 aromatic carbocycles. The van der Waals surface area contributed by atoms with Gasteiger partial charge in [-0.1, -0.05) is 0 Å². The molecular weight excluding hydrogens is 186 g/mol. The van der Waals surface area contributed by atoms with E-state index in [1.54, 1.807) is 0 Å². The molecule has 1 aliphatic rings. The van der Waals surface area contributed by atoms with Gasteiger partial charge in [0.25, 0.3) is 0 Å². The molecule has 1 fully saturated rings. The second-order valence-electron chi connectivity index (χ2n) is 5.02. The van der Waals surface area contributed by atoms with Gasteiger partial charge in [-0.05, 0) is 60.4 Å². The number of hydrogen-bond donors (Lipinski definition) is 1. The number of likely N-dealkylation sites (N-methyl/N-ethyl adjacent to an activating group) is 2. The lowest BCUT2D eigenvalue weighted by Crippen LogP contribution is -2.38. The predicted molar refractivity (Wildman–Crippen MR) is 66.3 cm³/mol. The van der Waals surface area contributed by atoms with E-state index in [0.29, 0.717) is 6.04 Å². The van der Waals surface area contributed by atoms with Crippen molar-refractivity contribution in [1.29, 1.82) is 0 Å². The topological polar surface area (TPSA) is 18.5 Å². The lowest BCUT2D eigenvalue weighted by atomic mass is 10.2. The van der Waals surface area contributed by atoms with Crippen molar-refractivity contribution in [1.82, 2.24) is 15.1 Å². The summed E-state index contributed by atoms with van der Waals surface area (Å²) in [5, 5.41) is 3.29. The Labute approximate surface area is 94.8 Å². The van der Waals surface area contributed by atoms with Crippen LogP contribution in [0.15, 0.2) is 0 Å². The number of nitrogens with one attached hydrogen (secondary N) is 1. The van der Waals surface area contributed by atoms with Crippen molar-refractivity contribution in [2.45, 2.75) is 38.3 Å². The average molecular weight is 213 g/mol. The fraction of sp³-hybridized carbons (Fsp3) is 1.00. The Hall–Kier alpha value is -0.120. The summed E-state index contributed by atoms with van der Waals surface area (Å²) in [7, 11) is 6.53. The second-order valence-corrected chi connectivity index (χ2v) is 5.02. The first-order valence-electron chi connectivity index (χ1n) is 6.19. The van der Waals surface area contributed by atoms with Gasteiger partial charge in [-0.2, -0.15) is 0 Å². The van der Waals surface area contributed by atoms with Gasteiger partial charge in [-0.15, -0.1) is 0 Å². The highest BCUT2D eigenvalue weighted by molar-refractivity contribution is 4.78. The molecule has 1 rings (SSSR count). The molecule has 0 spiro atoms. The highest BCUT2D eigenvalue weighted by atomic mass is 15.2. The summed E-state index contributed by atoms with van der Waals surface area (Å²) in [6.07, 6.45) is 3.99. The fourth-order valence-corrected chi connectivity index (χ4v) is 2.22. The summed E-state index contributed by atoms with van der Waals surface area (Å²) in [4.78, 5) is 4.97. The van der Waals surface area contributed by atoms with E-state index >= 15 is 0 Å². The largest absolute Gasteiger partial charge is 0.317 e. The summed E-state index contributed by atoms with van der Waals surface area (Å²) in [6, 6.07) is 1.42. The Bertz CT molecular complexity index is 172. The molecular formula is C12H27N3. The molecule has 1 N–H and O–H groups in total. The third-order valence-corrected chi connectivity index (χ3v) is 3.63. The van der Waals surface area contributed by atoms with Crippen LogP contribution in [0, 0.1) is 0 Å². The number of hydrogen-bond acceptors (Lipinski definition) is 3. The van der Waals surface area contributed by atoms with Gasteiger partial charge in [0, 0.05) is 18.6 Å². The summed E-state index contributed by atoms with van der Waals surface area (Å²) in [5.41, 5.74) is 0. The third-order valence-electron chi connectivity index (χ3n) is 3.63. The lowest BCUT2D eigenvalue weighted by molar-refractivity contribution is 0.215. The molecule has 3 heteroatoms. The second kappa shape index (κ2) is 6.46. The van der Waals surface area contributed by atoms with Crippen LogP contribution in [0.2, 0.25) is 0 Å². The minimum Gasteiger partial charge on any atom is -0.317 e. The Kier molecular flexibility index (Phi) is 5.58. The molecule has 0 radical (unpaired) electrons. The lowest BCUT2D eigenvalue weighted by Gasteiger charge is -2.26. The van der Waals surface area contributed by atoms with Gasteiger partial charge >= 0.3 is 0 Å². The van der Waals surface area contributed by atoms with Gasteiger partial charge < -0.3 is 15.1 Å². The van der Waals surface area contributed by atoms with E-state index in [1.165, 1.54) is 38.9 Å². The van der Waals surface area contributed by atoms with Crippen LogP contribution in [0.1, 0.15) is 26.2 Å². The van der Waals surface area contributed by atoms with E-state index in [0.717, 1.165) is 6.04 Å². The molecule has 15 heavy (non-hydrogen) atoms. The zero-order chi connectivity index (χ0) is 11.3. The maximum Gasteiger partial charge on any atom is 0.0220 e. The van der Waals surface area contributed by atoms with Crippen LogP contribution in [0.4, 0.5) is 0 Å². The maximum atomic E-state index is 3.29. The molecule has 0 aromatic rings. The molecule has 1 saturated heterocycles. The highest BCUT2D eigenvalue weighted by Crippen LogP contribution is 2.15. The zero-order valence-electron chi connectivity index (χ0n) is 10.8. The normalized spacial score (nSPS) is 25.0. The minimum atomic E-state index is 0.633. The summed E-state index contributed by atoms with van der Waals surface area (Å²) in [5.74, 6) is 0. The van der Waals surface area contributed by atoms with Gasteiger partial charge in [-0.25, -0.2) is 0 Å². The molecule has 0 amide bonds. The Morgan fingerprint density at radius 3 is 2.80 bits per heavy atom. The van der Waals surface area contributed by atoms with Crippen molar-refractivity contribution < 1.29 is 0 Å². The summed E-state index contributed by atoms with van der Waals surface area (Å²) >= 11 is 0. The summed E-state index contributed by atoms with van der Waals surface area (Å²) < 4.78 is 0. The molecule has 0 aliphatic carbocycles. The van der Waals surface area contributed by atoms with Gasteiger partial charge in [0.2, 0.25) is 0 Å². The van der Waals surface area contributed by atoms with E-state index in [2.05, 4.69) is 36.1 Å². The van der Waals surface area contributed by atoms with Crippen LogP contribution in [-0.4, -0.2) is 62.7 Å². The molecule has 3 nitrogen and oxygen atoms in total. The molecule has 2 unspecified atom stereocenters. The van der Waals surface area contributed by atoms with Crippen LogP contribution in [0.25, 0.3) is 0 Å². The van der Waals surface area contributed by atoms with Crippen LogP contribution >= 0.6 is 0 Å². The smallest absolute Gasteiger partial charge is 0.0220 e. The van der Waals surface area contributed by atoms with Gasteiger partial charge in [0.05, 0.1) is 0 Å². The van der Waals surface area contributed by atoms with Crippen molar-refractivity contribution in [3.05, 3.63) is 0 Å². The zero-order valence-corrected chi connectivity index (χ0v) is 10.8. The average Bonchev–Trinajstić information content (AvgIpc) is 2.61. The fourth-order valence-electron chi connectivity index (χ4n) is 2.22. The Morgan fingerprint density at radius 2 is 2.27 bits per heavy atom. The number of likely N-dealkylation sites (tertiary alicyclic amines) is 1. The Balaban J connectivity index is 2.14. The van der Waals surface area contributed by atoms with E-state index < -0.39 is 0 Å². The minimum absolute atomic E-state index is 0.633. The first-order valence-corrected chi connectivity index (χ1v) is 6.19. The molecule has 90 valence electrons. The molecule has 0 bridgehead atoms. The Morgan fingerprint density at radius 1 is 1.53 bits per heavy atom. The molecule has 1 heterocycles. The van der Waals surface area contributed by atoms with Crippen molar-refractivity contribution in [3.8, 4) is 0 Å². The summed E-state index contributed by atoms with van der Waals surface area (Å²) in [6.45, 7) is 5.96. The monoisotopic (exact) mass is 213 g/mol. The third kappa shape index (κ3) is 4.49. The maximum absolute atomic E-state index is 3.29. The molecule has 1 aliphatic heterocycles. The van der Waals surface area contributed by atoms with E-state index in [9.17, 15) is 0 Å². The molecule has 2 atom stereocenters. The quantitative estimate of drug-likeness (QED) is 0.710. The van der Waals surface area contributed by atoms with Crippen molar-refractivity contribution in [2.75, 3.05) is 40.8 Å². The van der Waals surface area contributed by atoms with Gasteiger partial charge in [0.15, 0.2) is 0 Å². The van der Waals surface area contributed by atoms with Gasteiger partial charge in [0.1, 0.15) is 0 Å². The number of nitrogens with zero attached hydrogens (tertiary/aromatic N) is 2. The predicted octanol–water partition coefficient (Wildman–Crippen LogP) is 1.01. The van der Waals surface area contributed by atoms with E-state index in [1.807, 2.05) is 7.05 Å². The van der Waals surface area contributed by atoms with Crippen molar-refractivity contribution >= 4 is 0 Å². The van der Waals surface area contributed by atoms with Crippen LogP contribution in [-0.2, 0) is 0 Å². The van der Waals surface area contributed by atoms with Gasteiger partial charge in [-0.3, -0.25) is 0 Å². The first kappa shape index (κ1) is 12.9. The van der Waals surface area contributed by atoms with E-state index in [4.69, 9.17) is 0 Å². The van der Waals surface area contributed by atoms with Crippen LogP contribution in [0.3, 0.4) is 0 Å². The van der Waals surface area contributed by atoms with Crippen molar-refractivity contribution in [3.63, 3.8) is 0 Å².